The number of hydrogen-bond donors (Lipinski definition) is 1. The van der Waals surface area contributed by atoms with Crippen molar-refractivity contribution in [1.29, 1.82) is 0 Å². The molecule has 3 atom stereocenters. The van der Waals surface area contributed by atoms with E-state index in [1.165, 1.54) is 12.8 Å². The zero-order chi connectivity index (χ0) is 17.3. The first kappa shape index (κ1) is 17.3. The first-order valence-corrected chi connectivity index (χ1v) is 9.26. The monoisotopic (exact) mass is 330 g/mol. The number of fused-ring (bicyclic) bond motifs is 2. The third-order valence-corrected chi connectivity index (χ3v) is 5.28. The van der Waals surface area contributed by atoms with E-state index in [-0.39, 0.29) is 5.91 Å². The standard InChI is InChI=1S/C20H30N2O2/c1-13(2)18-8-5-14(3)11-19(18)24-15(4)20(23)22-10-9-16-6-7-17(12-22)21-16/h5,8,11,13,15-17,21H,6-7,9-10,12H2,1-4H3. The van der Waals surface area contributed by atoms with Gasteiger partial charge < -0.3 is 15.0 Å². The van der Waals surface area contributed by atoms with Gasteiger partial charge in [-0.3, -0.25) is 4.79 Å². The SMILES string of the molecule is Cc1ccc(C(C)C)c(OC(C)C(=O)N2CCC3CCC(C2)N3)c1. The van der Waals surface area contributed by atoms with E-state index in [0.717, 1.165) is 36.4 Å². The van der Waals surface area contributed by atoms with E-state index in [0.29, 0.717) is 18.0 Å². The van der Waals surface area contributed by atoms with Gasteiger partial charge in [-0.05, 0) is 56.2 Å². The van der Waals surface area contributed by atoms with Crippen LogP contribution in [0.25, 0.3) is 0 Å². The smallest absolute Gasteiger partial charge is 0.263 e. The molecule has 0 saturated carbocycles. The largest absolute Gasteiger partial charge is 0.481 e. The van der Waals surface area contributed by atoms with Gasteiger partial charge in [0.1, 0.15) is 5.75 Å². The first-order valence-electron chi connectivity index (χ1n) is 9.26. The number of nitrogens with one attached hydrogen (secondary N) is 1. The molecule has 2 saturated heterocycles. The van der Waals surface area contributed by atoms with Crippen LogP contribution in [0.1, 0.15) is 57.1 Å². The second-order valence-electron chi connectivity index (χ2n) is 7.67. The fraction of sp³-hybridized carbons (Fsp3) is 0.650. The molecule has 0 aliphatic carbocycles. The van der Waals surface area contributed by atoms with Crippen LogP contribution in [0.5, 0.6) is 5.75 Å². The average Bonchev–Trinajstić information content (AvgIpc) is 2.85. The molecule has 1 N–H and O–H groups in total. The van der Waals surface area contributed by atoms with Crippen LogP contribution in [0.2, 0.25) is 0 Å². The van der Waals surface area contributed by atoms with Gasteiger partial charge in [0.25, 0.3) is 5.91 Å². The lowest BCUT2D eigenvalue weighted by Crippen LogP contribution is -2.44. The second kappa shape index (κ2) is 7.14. The number of likely N-dealkylation sites (tertiary alicyclic amines) is 1. The maximum absolute atomic E-state index is 12.9. The number of rotatable bonds is 4. The molecule has 4 nitrogen and oxygen atoms in total. The Kier molecular flexibility index (Phi) is 5.14. The van der Waals surface area contributed by atoms with E-state index in [1.807, 2.05) is 17.9 Å². The predicted octanol–water partition coefficient (Wildman–Crippen LogP) is 3.24. The van der Waals surface area contributed by atoms with Crippen molar-refractivity contribution in [2.75, 3.05) is 13.1 Å². The van der Waals surface area contributed by atoms with E-state index < -0.39 is 6.10 Å². The maximum atomic E-state index is 12.9. The van der Waals surface area contributed by atoms with Crippen LogP contribution in [-0.2, 0) is 4.79 Å². The number of carbonyl (C=O) groups excluding carboxylic acids is 1. The lowest BCUT2D eigenvalue weighted by molar-refractivity contribution is -0.138. The summed E-state index contributed by atoms with van der Waals surface area (Å²) in [5.74, 6) is 1.34. The summed E-state index contributed by atoms with van der Waals surface area (Å²) in [4.78, 5) is 14.9. The van der Waals surface area contributed by atoms with Gasteiger partial charge in [0.15, 0.2) is 6.10 Å². The zero-order valence-corrected chi connectivity index (χ0v) is 15.3. The molecular formula is C20H30N2O2. The van der Waals surface area contributed by atoms with Crippen molar-refractivity contribution in [3.05, 3.63) is 29.3 Å². The Labute approximate surface area is 145 Å². The van der Waals surface area contributed by atoms with Gasteiger partial charge in [-0.1, -0.05) is 26.0 Å². The van der Waals surface area contributed by atoms with Crippen molar-refractivity contribution in [2.24, 2.45) is 0 Å². The summed E-state index contributed by atoms with van der Waals surface area (Å²) in [6.07, 6.45) is 3.04. The number of amides is 1. The van der Waals surface area contributed by atoms with Crippen molar-refractivity contribution in [3.8, 4) is 5.75 Å². The number of aryl methyl sites for hydroxylation is 1. The molecule has 2 aliphatic heterocycles. The van der Waals surface area contributed by atoms with Gasteiger partial charge in [-0.25, -0.2) is 0 Å². The molecule has 3 rings (SSSR count). The minimum absolute atomic E-state index is 0.112. The summed E-state index contributed by atoms with van der Waals surface area (Å²) in [6.45, 7) is 9.90. The highest BCUT2D eigenvalue weighted by Gasteiger charge is 2.33. The Morgan fingerprint density at radius 3 is 2.71 bits per heavy atom. The van der Waals surface area contributed by atoms with Crippen molar-refractivity contribution in [1.82, 2.24) is 10.2 Å². The minimum Gasteiger partial charge on any atom is -0.481 e. The summed E-state index contributed by atoms with van der Waals surface area (Å²) in [5.41, 5.74) is 2.32. The highest BCUT2D eigenvalue weighted by atomic mass is 16.5. The quantitative estimate of drug-likeness (QED) is 0.921. The van der Waals surface area contributed by atoms with Crippen LogP contribution in [0, 0.1) is 6.92 Å². The number of benzene rings is 1. The van der Waals surface area contributed by atoms with Crippen molar-refractivity contribution >= 4 is 5.91 Å². The summed E-state index contributed by atoms with van der Waals surface area (Å²) in [6, 6.07) is 7.31. The number of carbonyl (C=O) groups is 1. The van der Waals surface area contributed by atoms with Gasteiger partial charge in [-0.15, -0.1) is 0 Å². The normalized spacial score (nSPS) is 24.8. The molecular weight excluding hydrogens is 300 g/mol. The number of ether oxygens (including phenoxy) is 1. The average molecular weight is 330 g/mol. The van der Waals surface area contributed by atoms with Gasteiger partial charge in [0, 0.05) is 25.2 Å². The number of nitrogens with zero attached hydrogens (tertiary/aromatic N) is 1. The zero-order valence-electron chi connectivity index (χ0n) is 15.3. The van der Waals surface area contributed by atoms with Gasteiger partial charge in [0.2, 0.25) is 0 Å². The molecule has 2 aliphatic rings. The molecule has 1 aromatic carbocycles. The third-order valence-electron chi connectivity index (χ3n) is 5.28. The lowest BCUT2D eigenvalue weighted by Gasteiger charge is -2.28. The fourth-order valence-electron chi connectivity index (χ4n) is 3.86. The van der Waals surface area contributed by atoms with Crippen molar-refractivity contribution in [3.63, 3.8) is 0 Å². The molecule has 2 heterocycles. The fourth-order valence-corrected chi connectivity index (χ4v) is 3.86. The molecule has 4 heteroatoms. The Bertz CT molecular complexity index is 599. The molecule has 0 spiro atoms. The van der Waals surface area contributed by atoms with E-state index >= 15 is 0 Å². The lowest BCUT2D eigenvalue weighted by atomic mass is 10.0. The Balaban J connectivity index is 1.69. The highest BCUT2D eigenvalue weighted by molar-refractivity contribution is 5.81. The molecule has 0 radical (unpaired) electrons. The summed E-state index contributed by atoms with van der Waals surface area (Å²) in [7, 11) is 0. The maximum Gasteiger partial charge on any atom is 0.263 e. The summed E-state index contributed by atoms with van der Waals surface area (Å²) in [5, 5.41) is 3.62. The Morgan fingerprint density at radius 1 is 1.21 bits per heavy atom. The van der Waals surface area contributed by atoms with E-state index in [1.54, 1.807) is 0 Å². The van der Waals surface area contributed by atoms with Gasteiger partial charge in [-0.2, -0.15) is 0 Å². The van der Waals surface area contributed by atoms with Gasteiger partial charge >= 0.3 is 0 Å². The van der Waals surface area contributed by atoms with E-state index in [2.05, 4.69) is 38.2 Å². The van der Waals surface area contributed by atoms with E-state index in [9.17, 15) is 4.79 Å². The van der Waals surface area contributed by atoms with Crippen molar-refractivity contribution in [2.45, 2.75) is 71.1 Å². The summed E-state index contributed by atoms with van der Waals surface area (Å²) >= 11 is 0. The van der Waals surface area contributed by atoms with Crippen LogP contribution in [0.4, 0.5) is 0 Å². The molecule has 1 amide bonds. The molecule has 0 aromatic heterocycles. The van der Waals surface area contributed by atoms with Crippen LogP contribution >= 0.6 is 0 Å². The van der Waals surface area contributed by atoms with Crippen LogP contribution in [0.15, 0.2) is 18.2 Å². The third kappa shape index (κ3) is 3.75. The predicted molar refractivity (Wildman–Crippen MR) is 96.5 cm³/mol. The van der Waals surface area contributed by atoms with Crippen molar-refractivity contribution < 1.29 is 9.53 Å². The highest BCUT2D eigenvalue weighted by Crippen LogP contribution is 2.29. The minimum atomic E-state index is -0.444. The number of hydrogen-bond acceptors (Lipinski definition) is 3. The van der Waals surface area contributed by atoms with Crippen LogP contribution in [-0.4, -0.2) is 42.1 Å². The Hall–Kier alpha value is -1.55. The topological polar surface area (TPSA) is 41.6 Å². The molecule has 1 aromatic rings. The first-order chi connectivity index (χ1) is 11.4. The molecule has 132 valence electrons. The molecule has 3 unspecified atom stereocenters. The second-order valence-corrected chi connectivity index (χ2v) is 7.67. The van der Waals surface area contributed by atoms with Crippen LogP contribution in [0.3, 0.4) is 0 Å². The molecule has 2 bridgehead atoms. The molecule has 2 fully saturated rings. The molecule has 24 heavy (non-hydrogen) atoms. The van der Waals surface area contributed by atoms with E-state index in [4.69, 9.17) is 4.74 Å². The Morgan fingerprint density at radius 2 is 1.96 bits per heavy atom. The summed E-state index contributed by atoms with van der Waals surface area (Å²) < 4.78 is 6.11. The van der Waals surface area contributed by atoms with Crippen LogP contribution < -0.4 is 10.1 Å². The van der Waals surface area contributed by atoms with Gasteiger partial charge in [0.05, 0.1) is 0 Å².